The molecule has 1 fully saturated rings. The molecule has 2 amide bonds. The molecule has 1 aromatic carbocycles. The zero-order chi connectivity index (χ0) is 23.9. The van der Waals surface area contributed by atoms with Gasteiger partial charge >= 0.3 is 0 Å². The van der Waals surface area contributed by atoms with Crippen molar-refractivity contribution in [2.75, 3.05) is 20.2 Å². The van der Waals surface area contributed by atoms with Crippen molar-refractivity contribution in [3.63, 3.8) is 0 Å². The number of piperidine rings is 1. The van der Waals surface area contributed by atoms with E-state index in [2.05, 4.69) is 10.3 Å². The molecule has 0 spiro atoms. The average molecular weight is 482 g/mol. The molecule has 34 heavy (non-hydrogen) atoms. The Morgan fingerprint density at radius 3 is 2.59 bits per heavy atom. The van der Waals surface area contributed by atoms with Crippen molar-refractivity contribution < 1.29 is 23.5 Å². The van der Waals surface area contributed by atoms with E-state index in [4.69, 9.17) is 9.15 Å². The number of hydrogen-bond donors (Lipinski definition) is 1. The lowest BCUT2D eigenvalue weighted by Gasteiger charge is -2.31. The van der Waals surface area contributed by atoms with Crippen LogP contribution in [0.15, 0.2) is 52.5 Å². The third-order valence-electron chi connectivity index (χ3n) is 5.93. The van der Waals surface area contributed by atoms with Crippen LogP contribution in [0.1, 0.15) is 63.2 Å². The number of ketones is 1. The van der Waals surface area contributed by atoms with E-state index in [0.717, 1.165) is 17.8 Å². The van der Waals surface area contributed by atoms with Gasteiger partial charge in [0.15, 0.2) is 5.78 Å². The highest BCUT2D eigenvalue weighted by Gasteiger charge is 2.26. The first kappa shape index (κ1) is 23.7. The van der Waals surface area contributed by atoms with Crippen molar-refractivity contribution in [1.82, 2.24) is 15.2 Å². The maximum atomic E-state index is 12.6. The Morgan fingerprint density at radius 1 is 1.15 bits per heavy atom. The highest BCUT2D eigenvalue weighted by molar-refractivity contribution is 7.09. The monoisotopic (exact) mass is 481 g/mol. The number of hydrogen-bond acceptors (Lipinski definition) is 7. The van der Waals surface area contributed by atoms with Crippen LogP contribution >= 0.6 is 11.3 Å². The maximum absolute atomic E-state index is 12.6. The molecule has 3 heterocycles. The molecule has 0 bridgehead atoms. The summed E-state index contributed by atoms with van der Waals surface area (Å²) in [7, 11) is 1.58. The summed E-state index contributed by atoms with van der Waals surface area (Å²) in [6.45, 7) is 1.57. The van der Waals surface area contributed by atoms with Crippen LogP contribution in [-0.2, 0) is 11.3 Å². The zero-order valence-corrected chi connectivity index (χ0v) is 19.8. The standard InChI is InChI=1S/C25H27N3O5S/c1-32-19-6-4-17(5-7-19)22(29)8-9-23(30)28-12-10-18(11-13-28)25-27-21(16-34-25)24(31)26-15-20-3-2-14-33-20/h2-7,14,16,18H,8-13,15H2,1H3,(H,26,31). The van der Waals surface area contributed by atoms with Crippen molar-refractivity contribution >= 4 is 28.9 Å². The van der Waals surface area contributed by atoms with Gasteiger partial charge in [0.2, 0.25) is 5.91 Å². The highest BCUT2D eigenvalue weighted by atomic mass is 32.1. The van der Waals surface area contributed by atoms with Gasteiger partial charge in [-0.1, -0.05) is 0 Å². The lowest BCUT2D eigenvalue weighted by Crippen LogP contribution is -2.38. The summed E-state index contributed by atoms with van der Waals surface area (Å²) in [5, 5.41) is 5.50. The first-order valence-corrected chi connectivity index (χ1v) is 12.1. The fourth-order valence-corrected chi connectivity index (χ4v) is 4.90. The molecule has 0 aliphatic carbocycles. The van der Waals surface area contributed by atoms with Gasteiger partial charge in [-0.05, 0) is 49.2 Å². The summed E-state index contributed by atoms with van der Waals surface area (Å²) in [5.74, 6) is 1.32. The fourth-order valence-electron chi connectivity index (χ4n) is 3.93. The number of amides is 2. The predicted octanol–water partition coefficient (Wildman–Crippen LogP) is 4.04. The largest absolute Gasteiger partial charge is 0.497 e. The third-order valence-corrected chi connectivity index (χ3v) is 6.94. The van der Waals surface area contributed by atoms with Gasteiger partial charge in [-0.3, -0.25) is 14.4 Å². The molecule has 3 aromatic rings. The van der Waals surface area contributed by atoms with Gasteiger partial charge in [0.1, 0.15) is 17.2 Å². The van der Waals surface area contributed by atoms with Crippen LogP contribution in [0.3, 0.4) is 0 Å². The van der Waals surface area contributed by atoms with E-state index in [1.165, 1.54) is 11.3 Å². The van der Waals surface area contributed by atoms with E-state index in [9.17, 15) is 14.4 Å². The minimum Gasteiger partial charge on any atom is -0.497 e. The molecular weight excluding hydrogens is 454 g/mol. The second-order valence-corrected chi connectivity index (χ2v) is 9.03. The molecule has 178 valence electrons. The number of aromatic nitrogens is 1. The Morgan fingerprint density at radius 2 is 1.91 bits per heavy atom. The fraction of sp³-hybridized carbons (Fsp3) is 0.360. The normalized spacial score (nSPS) is 14.1. The minimum absolute atomic E-state index is 0.00237. The molecule has 1 N–H and O–H groups in total. The summed E-state index contributed by atoms with van der Waals surface area (Å²) in [5.41, 5.74) is 0.988. The molecule has 0 radical (unpaired) electrons. The van der Waals surface area contributed by atoms with E-state index in [1.807, 2.05) is 4.90 Å². The van der Waals surface area contributed by atoms with Gasteiger partial charge in [0.25, 0.3) is 5.91 Å². The van der Waals surface area contributed by atoms with Gasteiger partial charge < -0.3 is 19.4 Å². The number of Topliss-reactive ketones (excluding diaryl/α,β-unsaturated/α-hetero) is 1. The topological polar surface area (TPSA) is 102 Å². The van der Waals surface area contributed by atoms with Crippen LogP contribution in [0.5, 0.6) is 5.75 Å². The summed E-state index contributed by atoms with van der Waals surface area (Å²) in [6.07, 6.45) is 3.54. The number of thiazole rings is 1. The molecule has 2 aromatic heterocycles. The Bertz CT molecular complexity index is 1120. The summed E-state index contributed by atoms with van der Waals surface area (Å²) in [6, 6.07) is 10.5. The van der Waals surface area contributed by atoms with Crippen molar-refractivity contribution in [3.8, 4) is 5.75 Å². The molecule has 0 saturated carbocycles. The molecule has 0 unspecified atom stereocenters. The Labute approximate surface area is 201 Å². The van der Waals surface area contributed by atoms with Gasteiger partial charge in [0, 0.05) is 42.8 Å². The number of carbonyl (C=O) groups excluding carboxylic acids is 3. The Hall–Kier alpha value is -3.46. The molecule has 4 rings (SSSR count). The quantitative estimate of drug-likeness (QED) is 0.463. The molecule has 1 aliphatic rings. The van der Waals surface area contributed by atoms with Crippen molar-refractivity contribution in [1.29, 1.82) is 0 Å². The van der Waals surface area contributed by atoms with Crippen LogP contribution in [-0.4, -0.2) is 47.7 Å². The predicted molar refractivity (Wildman–Crippen MR) is 127 cm³/mol. The number of rotatable bonds is 9. The molecule has 1 saturated heterocycles. The van der Waals surface area contributed by atoms with Gasteiger partial charge in [-0.2, -0.15) is 0 Å². The number of furan rings is 1. The lowest BCUT2D eigenvalue weighted by molar-refractivity contribution is -0.132. The number of ether oxygens (including phenoxy) is 1. The minimum atomic E-state index is -0.229. The first-order chi connectivity index (χ1) is 16.5. The van der Waals surface area contributed by atoms with Crippen LogP contribution in [0.2, 0.25) is 0 Å². The Kier molecular flexibility index (Phi) is 7.74. The maximum Gasteiger partial charge on any atom is 0.271 e. The van der Waals surface area contributed by atoms with E-state index < -0.39 is 0 Å². The number of nitrogens with one attached hydrogen (secondary N) is 1. The molecular formula is C25H27N3O5S. The summed E-state index contributed by atoms with van der Waals surface area (Å²) in [4.78, 5) is 43.7. The molecule has 8 nitrogen and oxygen atoms in total. The second-order valence-electron chi connectivity index (χ2n) is 8.14. The SMILES string of the molecule is COc1ccc(C(=O)CCC(=O)N2CCC(c3nc(C(=O)NCc4ccco4)cs3)CC2)cc1. The molecule has 0 atom stereocenters. The van der Waals surface area contributed by atoms with E-state index in [1.54, 1.807) is 55.2 Å². The van der Waals surface area contributed by atoms with Crippen LogP contribution < -0.4 is 10.1 Å². The molecule has 9 heteroatoms. The van der Waals surface area contributed by atoms with Crippen molar-refractivity contribution in [2.45, 2.75) is 38.1 Å². The number of methoxy groups -OCH3 is 1. The van der Waals surface area contributed by atoms with E-state index >= 15 is 0 Å². The second kappa shape index (κ2) is 11.1. The van der Waals surface area contributed by atoms with Gasteiger partial charge in [-0.15, -0.1) is 11.3 Å². The van der Waals surface area contributed by atoms with Crippen LogP contribution in [0.25, 0.3) is 0 Å². The van der Waals surface area contributed by atoms with Crippen molar-refractivity contribution in [3.05, 3.63) is 70.1 Å². The highest BCUT2D eigenvalue weighted by Crippen LogP contribution is 2.30. The number of nitrogens with zero attached hydrogens (tertiary/aromatic N) is 2. The van der Waals surface area contributed by atoms with Crippen LogP contribution in [0.4, 0.5) is 0 Å². The smallest absolute Gasteiger partial charge is 0.271 e. The zero-order valence-electron chi connectivity index (χ0n) is 19.0. The summed E-state index contributed by atoms with van der Waals surface area (Å²) >= 11 is 1.48. The first-order valence-electron chi connectivity index (χ1n) is 11.2. The Balaban J connectivity index is 1.21. The molecule has 1 aliphatic heterocycles. The third kappa shape index (κ3) is 5.91. The van der Waals surface area contributed by atoms with E-state index in [-0.39, 0.29) is 36.4 Å². The van der Waals surface area contributed by atoms with Crippen molar-refractivity contribution in [2.24, 2.45) is 0 Å². The number of likely N-dealkylation sites (tertiary alicyclic amines) is 1. The van der Waals surface area contributed by atoms with Crippen LogP contribution in [0, 0.1) is 0 Å². The lowest BCUT2D eigenvalue weighted by atomic mass is 9.97. The average Bonchev–Trinajstić information content (AvgIpc) is 3.58. The summed E-state index contributed by atoms with van der Waals surface area (Å²) < 4.78 is 10.3. The van der Waals surface area contributed by atoms with Gasteiger partial charge in [0.05, 0.1) is 24.9 Å². The van der Waals surface area contributed by atoms with E-state index in [0.29, 0.717) is 42.4 Å². The van der Waals surface area contributed by atoms with Gasteiger partial charge in [-0.25, -0.2) is 4.98 Å². The number of benzene rings is 1. The number of carbonyl (C=O) groups is 3.